The largest absolute Gasteiger partial charge is 0.379 e. The Kier molecular flexibility index (Phi) is 5.50. The molecule has 1 aliphatic carbocycles. The van der Waals surface area contributed by atoms with E-state index in [2.05, 4.69) is 4.90 Å². The van der Waals surface area contributed by atoms with Gasteiger partial charge < -0.3 is 14.4 Å². The fourth-order valence-electron chi connectivity index (χ4n) is 3.65. The zero-order valence-electron chi connectivity index (χ0n) is 13.7. The van der Waals surface area contributed by atoms with E-state index in [-0.39, 0.29) is 12.0 Å². The summed E-state index contributed by atoms with van der Waals surface area (Å²) >= 11 is 0. The quantitative estimate of drug-likeness (QED) is 0.740. The maximum atomic E-state index is 12.7. The summed E-state index contributed by atoms with van der Waals surface area (Å²) in [7, 11) is 0. The second kappa shape index (κ2) is 7.57. The first-order valence-electron chi connectivity index (χ1n) is 8.63. The van der Waals surface area contributed by atoms with Gasteiger partial charge in [-0.3, -0.25) is 9.69 Å². The van der Waals surface area contributed by atoms with Crippen molar-refractivity contribution in [3.8, 4) is 0 Å². The molecule has 2 saturated heterocycles. The van der Waals surface area contributed by atoms with Crippen molar-refractivity contribution < 1.29 is 14.3 Å². The minimum atomic E-state index is 0.136. The summed E-state index contributed by atoms with van der Waals surface area (Å²) in [6.07, 6.45) is 4.83. The molecule has 0 bridgehead atoms. The molecule has 22 heavy (non-hydrogen) atoms. The van der Waals surface area contributed by atoms with Crippen molar-refractivity contribution in [3.63, 3.8) is 0 Å². The Morgan fingerprint density at radius 1 is 1.14 bits per heavy atom. The Labute approximate surface area is 133 Å². The molecule has 1 atom stereocenters. The molecule has 2 heterocycles. The van der Waals surface area contributed by atoms with Crippen molar-refractivity contribution in [2.45, 2.75) is 38.7 Å². The molecule has 1 unspecified atom stereocenters. The highest BCUT2D eigenvalue weighted by atomic mass is 16.5. The van der Waals surface area contributed by atoms with E-state index in [0.717, 1.165) is 64.4 Å². The van der Waals surface area contributed by atoms with Crippen LogP contribution in [0.3, 0.4) is 0 Å². The smallest absolute Gasteiger partial charge is 0.249 e. The summed E-state index contributed by atoms with van der Waals surface area (Å²) < 4.78 is 11.3. The van der Waals surface area contributed by atoms with E-state index in [9.17, 15) is 4.79 Å². The van der Waals surface area contributed by atoms with Crippen LogP contribution in [-0.4, -0.2) is 74.4 Å². The number of rotatable bonds is 3. The normalized spacial score (nSPS) is 27.2. The Hall–Kier alpha value is -0.910. The number of amides is 1. The number of carbonyl (C=O) groups excluding carboxylic acids is 1. The van der Waals surface area contributed by atoms with E-state index in [1.54, 1.807) is 0 Å². The Morgan fingerprint density at radius 3 is 2.59 bits per heavy atom. The number of ether oxygens (including phenoxy) is 2. The van der Waals surface area contributed by atoms with Gasteiger partial charge in [-0.15, -0.1) is 0 Å². The minimum absolute atomic E-state index is 0.136. The standard InChI is InChI=1S/C17H28N2O3/c1-14(15-4-2-3-5-15)17(20)19-8-11-22-16(13-19)12-18-6-9-21-10-7-18/h16H,2-13H2,1H3. The molecule has 0 radical (unpaired) electrons. The van der Waals surface area contributed by atoms with Crippen LogP contribution in [0, 0.1) is 0 Å². The third-order valence-electron chi connectivity index (χ3n) is 5.05. The van der Waals surface area contributed by atoms with Gasteiger partial charge in [0.05, 0.1) is 25.9 Å². The van der Waals surface area contributed by atoms with Crippen molar-refractivity contribution in [1.29, 1.82) is 0 Å². The van der Waals surface area contributed by atoms with Gasteiger partial charge in [0.25, 0.3) is 0 Å². The highest BCUT2D eigenvalue weighted by Crippen LogP contribution is 2.27. The Balaban J connectivity index is 1.55. The molecular weight excluding hydrogens is 280 g/mol. The molecule has 3 rings (SSSR count). The van der Waals surface area contributed by atoms with Crippen molar-refractivity contribution in [2.24, 2.45) is 0 Å². The van der Waals surface area contributed by atoms with Crippen LogP contribution in [0.1, 0.15) is 32.6 Å². The zero-order valence-corrected chi connectivity index (χ0v) is 13.7. The zero-order chi connectivity index (χ0) is 15.4. The number of morpholine rings is 2. The van der Waals surface area contributed by atoms with E-state index in [4.69, 9.17) is 9.47 Å². The Morgan fingerprint density at radius 2 is 1.86 bits per heavy atom. The summed E-state index contributed by atoms with van der Waals surface area (Å²) in [6, 6.07) is 0. The Bertz CT molecular complexity index is 422. The molecule has 1 amide bonds. The predicted octanol–water partition coefficient (Wildman–Crippen LogP) is 1.44. The highest BCUT2D eigenvalue weighted by Gasteiger charge is 2.28. The van der Waals surface area contributed by atoms with Gasteiger partial charge in [0.2, 0.25) is 5.91 Å². The van der Waals surface area contributed by atoms with Crippen LogP contribution in [0.2, 0.25) is 0 Å². The van der Waals surface area contributed by atoms with Crippen molar-refractivity contribution in [3.05, 3.63) is 11.1 Å². The monoisotopic (exact) mass is 308 g/mol. The van der Waals surface area contributed by atoms with Crippen LogP contribution in [0.5, 0.6) is 0 Å². The summed E-state index contributed by atoms with van der Waals surface area (Å²) in [6.45, 7) is 8.57. The fourth-order valence-corrected chi connectivity index (χ4v) is 3.65. The third kappa shape index (κ3) is 3.89. The molecule has 2 aliphatic heterocycles. The number of nitrogens with zero attached hydrogens (tertiary/aromatic N) is 2. The lowest BCUT2D eigenvalue weighted by Crippen LogP contribution is -2.51. The van der Waals surface area contributed by atoms with E-state index in [1.807, 2.05) is 11.8 Å². The molecule has 3 fully saturated rings. The lowest BCUT2D eigenvalue weighted by molar-refractivity contribution is -0.135. The second-order valence-corrected chi connectivity index (χ2v) is 6.59. The third-order valence-corrected chi connectivity index (χ3v) is 5.05. The molecule has 3 aliphatic rings. The topological polar surface area (TPSA) is 42.0 Å². The van der Waals surface area contributed by atoms with Crippen molar-refractivity contribution in [1.82, 2.24) is 9.80 Å². The molecule has 5 heteroatoms. The van der Waals surface area contributed by atoms with E-state index < -0.39 is 0 Å². The summed E-state index contributed by atoms with van der Waals surface area (Å²) in [5, 5.41) is 0. The van der Waals surface area contributed by atoms with Crippen LogP contribution < -0.4 is 0 Å². The van der Waals surface area contributed by atoms with Crippen LogP contribution in [-0.2, 0) is 14.3 Å². The van der Waals surface area contributed by atoms with Crippen LogP contribution in [0.4, 0.5) is 0 Å². The molecule has 0 aromatic heterocycles. The van der Waals surface area contributed by atoms with Gasteiger partial charge in [-0.2, -0.15) is 0 Å². The summed E-state index contributed by atoms with van der Waals surface area (Å²) in [5.74, 6) is 0.229. The first-order valence-corrected chi connectivity index (χ1v) is 8.63. The summed E-state index contributed by atoms with van der Waals surface area (Å²) in [4.78, 5) is 17.1. The maximum absolute atomic E-state index is 12.7. The van der Waals surface area contributed by atoms with Gasteiger partial charge in [-0.1, -0.05) is 5.57 Å². The highest BCUT2D eigenvalue weighted by molar-refractivity contribution is 5.93. The lowest BCUT2D eigenvalue weighted by atomic mass is 10.1. The van der Waals surface area contributed by atoms with Crippen molar-refractivity contribution >= 4 is 5.91 Å². The second-order valence-electron chi connectivity index (χ2n) is 6.59. The first-order chi connectivity index (χ1) is 10.7. The number of carbonyl (C=O) groups is 1. The van der Waals surface area contributed by atoms with Gasteiger partial charge in [0, 0.05) is 38.3 Å². The van der Waals surface area contributed by atoms with E-state index >= 15 is 0 Å². The number of hydrogen-bond acceptors (Lipinski definition) is 4. The number of allylic oxidation sites excluding steroid dienone is 1. The molecule has 0 aromatic rings. The number of hydrogen-bond donors (Lipinski definition) is 0. The minimum Gasteiger partial charge on any atom is -0.379 e. The van der Waals surface area contributed by atoms with Gasteiger partial charge >= 0.3 is 0 Å². The van der Waals surface area contributed by atoms with Crippen molar-refractivity contribution in [2.75, 3.05) is 52.5 Å². The average molecular weight is 308 g/mol. The van der Waals surface area contributed by atoms with Gasteiger partial charge in [-0.05, 0) is 32.6 Å². The molecule has 1 saturated carbocycles. The SMILES string of the molecule is CC(C(=O)N1CCOC(CN2CCOCC2)C1)=C1CCCC1. The van der Waals surface area contributed by atoms with Crippen LogP contribution in [0.15, 0.2) is 11.1 Å². The molecule has 0 N–H and O–H groups in total. The predicted molar refractivity (Wildman–Crippen MR) is 84.7 cm³/mol. The van der Waals surface area contributed by atoms with Gasteiger partial charge in [0.1, 0.15) is 0 Å². The van der Waals surface area contributed by atoms with Gasteiger partial charge in [-0.25, -0.2) is 0 Å². The first kappa shape index (κ1) is 16.0. The molecule has 5 nitrogen and oxygen atoms in total. The van der Waals surface area contributed by atoms with E-state index in [1.165, 1.54) is 18.4 Å². The molecule has 124 valence electrons. The fraction of sp³-hybridized carbons (Fsp3) is 0.824. The van der Waals surface area contributed by atoms with Crippen LogP contribution in [0.25, 0.3) is 0 Å². The lowest BCUT2D eigenvalue weighted by Gasteiger charge is -2.37. The van der Waals surface area contributed by atoms with Crippen LogP contribution >= 0.6 is 0 Å². The maximum Gasteiger partial charge on any atom is 0.249 e. The average Bonchev–Trinajstić information content (AvgIpc) is 3.09. The van der Waals surface area contributed by atoms with E-state index in [0.29, 0.717) is 6.61 Å². The molecule has 0 aromatic carbocycles. The molecule has 0 spiro atoms. The van der Waals surface area contributed by atoms with Gasteiger partial charge in [0.15, 0.2) is 0 Å². The summed E-state index contributed by atoms with van der Waals surface area (Å²) in [5.41, 5.74) is 2.37. The molecular formula is C17H28N2O3.